The fourth-order valence-corrected chi connectivity index (χ4v) is 4.98. The molecule has 190 valence electrons. The molecule has 0 radical (unpaired) electrons. The van der Waals surface area contributed by atoms with Gasteiger partial charge in [0.05, 0.1) is 25.9 Å². The van der Waals surface area contributed by atoms with Crippen LogP contribution in [-0.2, 0) is 17.7 Å². The smallest absolute Gasteiger partial charge is 0.254 e. The minimum Gasteiger partial charge on any atom is -0.491 e. The first-order valence-electron chi connectivity index (χ1n) is 13.1. The molecule has 1 atom stereocenters. The number of benzene rings is 2. The number of ether oxygens (including phenoxy) is 2. The van der Waals surface area contributed by atoms with Gasteiger partial charge in [-0.3, -0.25) is 9.69 Å². The van der Waals surface area contributed by atoms with Crippen LogP contribution in [0.3, 0.4) is 0 Å². The number of fused-ring (bicyclic) bond motifs is 3. The van der Waals surface area contributed by atoms with Gasteiger partial charge in [-0.25, -0.2) is 0 Å². The van der Waals surface area contributed by atoms with Crippen LogP contribution in [0.5, 0.6) is 5.75 Å². The van der Waals surface area contributed by atoms with Gasteiger partial charge in [0.25, 0.3) is 5.91 Å². The lowest BCUT2D eigenvalue weighted by atomic mass is 9.99. The Morgan fingerprint density at radius 3 is 2.77 bits per heavy atom. The Bertz CT molecular complexity index is 977. The molecule has 1 fully saturated rings. The maximum atomic E-state index is 13.2. The second kappa shape index (κ2) is 12.5. The quantitative estimate of drug-likeness (QED) is 0.697. The predicted molar refractivity (Wildman–Crippen MR) is 138 cm³/mol. The van der Waals surface area contributed by atoms with Crippen LogP contribution in [-0.4, -0.2) is 72.9 Å². The number of carbonyl (C=O) groups is 1. The van der Waals surface area contributed by atoms with Crippen molar-refractivity contribution >= 4 is 5.91 Å². The average molecular weight is 481 g/mol. The molecule has 2 aromatic rings. The van der Waals surface area contributed by atoms with Gasteiger partial charge in [-0.2, -0.15) is 0 Å². The van der Waals surface area contributed by atoms with E-state index in [1.54, 1.807) is 0 Å². The molecule has 2 aliphatic rings. The van der Waals surface area contributed by atoms with Crippen LogP contribution < -0.4 is 4.74 Å². The minimum absolute atomic E-state index is 0.0124. The molecule has 35 heavy (non-hydrogen) atoms. The number of carbonyl (C=O) groups excluding carboxylic acids is 1. The zero-order valence-corrected chi connectivity index (χ0v) is 21.2. The fraction of sp³-hybridized carbons (Fsp3) is 0.552. The highest BCUT2D eigenvalue weighted by molar-refractivity contribution is 5.95. The van der Waals surface area contributed by atoms with Gasteiger partial charge < -0.3 is 19.5 Å². The van der Waals surface area contributed by atoms with Crippen molar-refractivity contribution in [3.63, 3.8) is 0 Å². The lowest BCUT2D eigenvalue weighted by Crippen LogP contribution is -2.37. The number of amides is 1. The Morgan fingerprint density at radius 1 is 1.09 bits per heavy atom. The lowest BCUT2D eigenvalue weighted by molar-refractivity contribution is 0.0677. The monoisotopic (exact) mass is 480 g/mol. The average Bonchev–Trinajstić information content (AvgIpc) is 3.33. The molecule has 1 saturated heterocycles. The summed E-state index contributed by atoms with van der Waals surface area (Å²) >= 11 is 0. The summed E-state index contributed by atoms with van der Waals surface area (Å²) in [5.74, 6) is 1.46. The van der Waals surface area contributed by atoms with E-state index in [0.717, 1.165) is 43.8 Å². The summed E-state index contributed by atoms with van der Waals surface area (Å²) < 4.78 is 12.0. The number of hydrogen-bond donors (Lipinski definition) is 1. The molecule has 1 N–H and O–H groups in total. The third-order valence-electron chi connectivity index (χ3n) is 7.01. The maximum Gasteiger partial charge on any atom is 0.254 e. The van der Waals surface area contributed by atoms with Crippen molar-refractivity contribution in [3.8, 4) is 5.75 Å². The van der Waals surface area contributed by atoms with Gasteiger partial charge in [-0.15, -0.1) is 0 Å². The van der Waals surface area contributed by atoms with Gasteiger partial charge in [0, 0.05) is 31.6 Å². The number of likely N-dealkylation sites (tertiary alicyclic amines) is 1. The molecule has 4 rings (SSSR count). The normalized spacial score (nSPS) is 19.8. The second-order valence-corrected chi connectivity index (χ2v) is 10.2. The van der Waals surface area contributed by atoms with Crippen LogP contribution in [0, 0.1) is 5.92 Å². The number of rotatable bonds is 5. The highest BCUT2D eigenvalue weighted by Crippen LogP contribution is 2.27. The van der Waals surface area contributed by atoms with Crippen molar-refractivity contribution in [2.45, 2.75) is 52.1 Å². The predicted octanol–water partition coefficient (Wildman–Crippen LogP) is 4.13. The van der Waals surface area contributed by atoms with Crippen molar-refractivity contribution in [2.24, 2.45) is 5.92 Å². The Hall–Kier alpha value is -2.41. The summed E-state index contributed by atoms with van der Waals surface area (Å²) in [6.07, 6.45) is 3.66. The van der Waals surface area contributed by atoms with E-state index in [9.17, 15) is 9.90 Å². The van der Waals surface area contributed by atoms with Crippen molar-refractivity contribution in [2.75, 3.05) is 46.1 Å². The summed E-state index contributed by atoms with van der Waals surface area (Å²) in [5.41, 5.74) is 4.16. The standard InChI is InChI=1S/C29H40N2O4/c1-22(2)10-12-30-13-14-34-15-16-35-28-9-8-25(29(33)31-11-4-7-27(31)21-32)19-26(28)18-23-5-3-6-24(17-23)20-30/h3,5-6,8-9,17,19,22,27,32H,4,7,10-16,18,20-21H2,1-2H3. The van der Waals surface area contributed by atoms with Crippen LogP contribution >= 0.6 is 0 Å². The summed E-state index contributed by atoms with van der Waals surface area (Å²) in [7, 11) is 0. The van der Waals surface area contributed by atoms with Gasteiger partial charge in [-0.05, 0) is 66.6 Å². The van der Waals surface area contributed by atoms with Gasteiger partial charge in [-0.1, -0.05) is 38.1 Å². The van der Waals surface area contributed by atoms with Crippen LogP contribution in [0.1, 0.15) is 60.2 Å². The van der Waals surface area contributed by atoms with E-state index in [0.29, 0.717) is 44.3 Å². The summed E-state index contributed by atoms with van der Waals surface area (Å²) in [4.78, 5) is 17.5. The Balaban J connectivity index is 1.58. The van der Waals surface area contributed by atoms with E-state index in [1.165, 1.54) is 17.5 Å². The van der Waals surface area contributed by atoms with E-state index in [2.05, 4.69) is 43.0 Å². The van der Waals surface area contributed by atoms with Crippen LogP contribution in [0.15, 0.2) is 42.5 Å². The van der Waals surface area contributed by atoms with Crippen molar-refractivity contribution in [1.82, 2.24) is 9.80 Å². The molecule has 0 spiro atoms. The van der Waals surface area contributed by atoms with E-state index in [1.807, 2.05) is 23.1 Å². The number of nitrogens with zero attached hydrogens (tertiary/aromatic N) is 2. The van der Waals surface area contributed by atoms with Crippen molar-refractivity contribution in [1.29, 1.82) is 0 Å². The zero-order valence-electron chi connectivity index (χ0n) is 21.2. The van der Waals surface area contributed by atoms with Gasteiger partial charge >= 0.3 is 0 Å². The van der Waals surface area contributed by atoms with E-state index in [-0.39, 0.29) is 18.6 Å². The molecular weight excluding hydrogens is 440 g/mol. The highest BCUT2D eigenvalue weighted by atomic mass is 16.5. The van der Waals surface area contributed by atoms with Crippen molar-refractivity contribution < 1.29 is 19.4 Å². The third-order valence-corrected chi connectivity index (χ3v) is 7.01. The van der Waals surface area contributed by atoms with E-state index in [4.69, 9.17) is 9.47 Å². The Morgan fingerprint density at radius 2 is 1.94 bits per heavy atom. The summed E-state index contributed by atoms with van der Waals surface area (Å²) in [6.45, 7) is 9.81. The van der Waals surface area contributed by atoms with E-state index >= 15 is 0 Å². The Labute approximate surface area is 209 Å². The molecule has 1 amide bonds. The molecule has 2 heterocycles. The zero-order chi connectivity index (χ0) is 24.6. The van der Waals surface area contributed by atoms with Gasteiger partial charge in [0.1, 0.15) is 12.4 Å². The van der Waals surface area contributed by atoms with E-state index < -0.39 is 0 Å². The van der Waals surface area contributed by atoms with Crippen LogP contribution in [0.25, 0.3) is 0 Å². The number of aliphatic hydroxyl groups excluding tert-OH is 1. The SMILES string of the molecule is CC(C)CCN1CCOCCOc2ccc(C(=O)N3CCCC3CO)cc2Cc2cccc(c2)C1. The molecule has 2 aliphatic heterocycles. The largest absolute Gasteiger partial charge is 0.491 e. The Kier molecular flexibility index (Phi) is 9.18. The fourth-order valence-electron chi connectivity index (χ4n) is 4.98. The molecule has 0 aromatic heterocycles. The van der Waals surface area contributed by atoms with Crippen molar-refractivity contribution in [3.05, 3.63) is 64.7 Å². The first-order valence-corrected chi connectivity index (χ1v) is 13.1. The van der Waals surface area contributed by atoms with Crippen LogP contribution in [0.4, 0.5) is 0 Å². The topological polar surface area (TPSA) is 62.2 Å². The summed E-state index contributed by atoms with van der Waals surface area (Å²) in [6, 6.07) is 14.4. The first-order chi connectivity index (χ1) is 17.0. The molecule has 6 nitrogen and oxygen atoms in total. The van der Waals surface area contributed by atoms with Gasteiger partial charge in [0.15, 0.2) is 0 Å². The molecule has 1 unspecified atom stereocenters. The number of hydrogen-bond acceptors (Lipinski definition) is 5. The molecule has 2 bridgehead atoms. The summed E-state index contributed by atoms with van der Waals surface area (Å²) in [5, 5.41) is 9.67. The highest BCUT2D eigenvalue weighted by Gasteiger charge is 2.29. The first kappa shape index (κ1) is 25.7. The number of aliphatic hydroxyl groups is 1. The van der Waals surface area contributed by atoms with Crippen LogP contribution in [0.2, 0.25) is 0 Å². The molecule has 0 saturated carbocycles. The molecule has 0 aliphatic carbocycles. The second-order valence-electron chi connectivity index (χ2n) is 10.2. The molecule has 2 aromatic carbocycles. The lowest BCUT2D eigenvalue weighted by Gasteiger charge is -2.24. The van der Waals surface area contributed by atoms with Gasteiger partial charge in [0.2, 0.25) is 0 Å². The third kappa shape index (κ3) is 7.06. The molecule has 6 heteroatoms. The minimum atomic E-state index is -0.0834. The maximum absolute atomic E-state index is 13.2. The molecular formula is C29H40N2O4.